The number of nitrogens with one attached hydrogen (secondary N) is 1. The molecule has 5 nitrogen and oxygen atoms in total. The normalized spacial score (nSPS) is 14.2. The number of nitrogens with zero attached hydrogens (tertiary/aromatic N) is 2. The maximum Gasteiger partial charge on any atom is 0.269 e. The van der Waals surface area contributed by atoms with Crippen LogP contribution in [0.5, 0.6) is 0 Å². The lowest BCUT2D eigenvalue weighted by Gasteiger charge is -2.07. The number of hydrogen-bond acceptors (Lipinski definition) is 4. The Bertz CT molecular complexity index is 738. The van der Waals surface area contributed by atoms with Gasteiger partial charge in [0.1, 0.15) is 10.5 Å². The minimum Gasteiger partial charge on any atom is -0.342 e. The van der Waals surface area contributed by atoms with Crippen LogP contribution in [0.15, 0.2) is 28.7 Å². The van der Waals surface area contributed by atoms with Gasteiger partial charge in [-0.1, -0.05) is 12.2 Å². The maximum absolute atomic E-state index is 10.7. The Hall–Kier alpha value is -1.60. The maximum atomic E-state index is 10.7. The number of hydrogen-bond donors (Lipinski definition) is 1. The molecule has 0 bridgehead atoms. The second kappa shape index (κ2) is 5.06. The van der Waals surface area contributed by atoms with Crippen molar-refractivity contribution in [1.82, 2.24) is 9.97 Å². The summed E-state index contributed by atoms with van der Waals surface area (Å²) in [5.41, 5.74) is 1.92. The monoisotopic (exact) mass is 351 g/mol. The highest BCUT2D eigenvalue weighted by atomic mass is 79.9. The van der Waals surface area contributed by atoms with E-state index in [1.165, 1.54) is 12.1 Å². The zero-order valence-corrected chi connectivity index (χ0v) is 12.7. The molecule has 1 saturated carbocycles. The molecule has 20 heavy (non-hydrogen) atoms. The molecule has 1 aliphatic carbocycles. The van der Waals surface area contributed by atoms with Crippen molar-refractivity contribution in [2.75, 3.05) is 0 Å². The summed E-state index contributed by atoms with van der Waals surface area (Å²) in [6.07, 6.45) is 2.29. The van der Waals surface area contributed by atoms with E-state index in [2.05, 4.69) is 25.9 Å². The zero-order valence-electron chi connectivity index (χ0n) is 10.3. The number of benzene rings is 1. The summed E-state index contributed by atoms with van der Waals surface area (Å²) in [7, 11) is 0. The molecule has 0 saturated heterocycles. The molecule has 0 aliphatic heterocycles. The third-order valence-corrected chi connectivity index (χ3v) is 4.59. The van der Waals surface area contributed by atoms with Gasteiger partial charge < -0.3 is 4.98 Å². The Labute approximate surface area is 128 Å². The van der Waals surface area contributed by atoms with Gasteiger partial charge in [-0.05, 0) is 40.9 Å². The van der Waals surface area contributed by atoms with Crippen LogP contribution in [0.1, 0.15) is 24.5 Å². The minimum absolute atomic E-state index is 0.0619. The van der Waals surface area contributed by atoms with Crippen LogP contribution in [0.3, 0.4) is 0 Å². The van der Waals surface area contributed by atoms with Crippen LogP contribution in [0, 0.1) is 14.8 Å². The van der Waals surface area contributed by atoms with Crippen LogP contribution in [-0.2, 0) is 0 Å². The lowest BCUT2D eigenvalue weighted by Crippen LogP contribution is -1.97. The van der Waals surface area contributed by atoms with Gasteiger partial charge in [-0.3, -0.25) is 10.1 Å². The fourth-order valence-electron chi connectivity index (χ4n) is 2.01. The molecule has 0 unspecified atom stereocenters. The summed E-state index contributed by atoms with van der Waals surface area (Å²) in [4.78, 5) is 17.9. The van der Waals surface area contributed by atoms with Crippen LogP contribution in [0.4, 0.5) is 5.69 Å². The van der Waals surface area contributed by atoms with Gasteiger partial charge in [0.2, 0.25) is 0 Å². The van der Waals surface area contributed by atoms with Crippen molar-refractivity contribution in [3.05, 3.63) is 49.2 Å². The summed E-state index contributed by atoms with van der Waals surface area (Å²) in [5.74, 6) is 1.15. The highest BCUT2D eigenvalue weighted by Gasteiger charge is 2.27. The first-order valence-corrected chi connectivity index (χ1v) is 7.31. The molecule has 1 fully saturated rings. The number of aromatic amines is 1. The molecule has 3 rings (SSSR count). The average molecular weight is 352 g/mol. The van der Waals surface area contributed by atoms with Crippen molar-refractivity contribution in [2.24, 2.45) is 0 Å². The van der Waals surface area contributed by atoms with Gasteiger partial charge in [0.25, 0.3) is 5.69 Å². The van der Waals surface area contributed by atoms with Gasteiger partial charge in [-0.2, -0.15) is 0 Å². The Morgan fingerprint density at radius 2 is 2.00 bits per heavy atom. The number of rotatable bonds is 3. The molecule has 7 heteroatoms. The highest BCUT2D eigenvalue weighted by Crippen LogP contribution is 2.42. The molecule has 1 aromatic carbocycles. The van der Waals surface area contributed by atoms with Crippen molar-refractivity contribution in [3.63, 3.8) is 0 Å². The van der Waals surface area contributed by atoms with Crippen LogP contribution >= 0.6 is 28.1 Å². The second-order valence-corrected chi connectivity index (χ2v) is 5.88. The first kappa shape index (κ1) is 13.4. The average Bonchev–Trinajstić information content (AvgIpc) is 3.26. The third-order valence-electron chi connectivity index (χ3n) is 3.23. The van der Waals surface area contributed by atoms with E-state index >= 15 is 0 Å². The van der Waals surface area contributed by atoms with E-state index < -0.39 is 4.92 Å². The van der Waals surface area contributed by atoms with Crippen molar-refractivity contribution in [3.8, 4) is 11.4 Å². The Balaban J connectivity index is 2.05. The van der Waals surface area contributed by atoms with Gasteiger partial charge in [0, 0.05) is 29.3 Å². The molecule has 0 atom stereocenters. The molecule has 2 aromatic rings. The molecular formula is C13H10BrN3O2S. The Morgan fingerprint density at radius 3 is 2.55 bits per heavy atom. The largest absolute Gasteiger partial charge is 0.342 e. The SMILES string of the molecule is O=[N+]([O-])c1ccc(-c2nc(=S)c(Br)c(C3CC3)[nH]2)cc1. The van der Waals surface area contributed by atoms with Crippen molar-refractivity contribution in [2.45, 2.75) is 18.8 Å². The highest BCUT2D eigenvalue weighted by molar-refractivity contribution is 9.10. The predicted octanol–water partition coefficient (Wildman–Crippen LogP) is 4.35. The number of non-ortho nitro benzene ring substituents is 1. The molecule has 0 spiro atoms. The van der Waals surface area contributed by atoms with Crippen LogP contribution in [0.25, 0.3) is 11.4 Å². The number of H-pyrrole nitrogens is 1. The topological polar surface area (TPSA) is 71.8 Å². The molecule has 0 radical (unpaired) electrons. The Kier molecular flexibility index (Phi) is 3.39. The van der Waals surface area contributed by atoms with E-state index in [9.17, 15) is 10.1 Å². The standard InChI is InChI=1S/C13H10BrN3O2S/c14-10-11(7-1-2-7)15-12(16-13(10)20)8-3-5-9(6-4-8)17(18)19/h3-7H,1-2H2,(H,15,16,20). The van der Waals surface area contributed by atoms with Gasteiger partial charge in [-0.25, -0.2) is 4.98 Å². The fourth-order valence-corrected chi connectivity index (χ4v) is 2.72. The van der Waals surface area contributed by atoms with E-state index in [1.807, 2.05) is 0 Å². The van der Waals surface area contributed by atoms with Crippen LogP contribution in [0.2, 0.25) is 0 Å². The van der Waals surface area contributed by atoms with Crippen molar-refractivity contribution in [1.29, 1.82) is 0 Å². The minimum atomic E-state index is -0.420. The van der Waals surface area contributed by atoms with Gasteiger partial charge in [0.15, 0.2) is 0 Å². The predicted molar refractivity (Wildman–Crippen MR) is 81.2 cm³/mol. The summed E-state index contributed by atoms with van der Waals surface area (Å²) < 4.78 is 1.36. The number of nitro groups is 1. The van der Waals surface area contributed by atoms with Crippen molar-refractivity contribution < 1.29 is 4.92 Å². The van der Waals surface area contributed by atoms with E-state index in [-0.39, 0.29) is 5.69 Å². The quantitative estimate of drug-likeness (QED) is 0.506. The Morgan fingerprint density at radius 1 is 1.35 bits per heavy atom. The molecule has 1 aromatic heterocycles. The third kappa shape index (κ3) is 2.51. The summed E-state index contributed by atoms with van der Waals surface area (Å²) in [5, 5.41) is 10.7. The number of nitro benzene ring substituents is 1. The summed E-state index contributed by atoms with van der Waals surface area (Å²) in [6.45, 7) is 0. The summed E-state index contributed by atoms with van der Waals surface area (Å²) in [6, 6.07) is 6.28. The number of halogens is 1. The smallest absolute Gasteiger partial charge is 0.269 e. The lowest BCUT2D eigenvalue weighted by atomic mass is 10.2. The van der Waals surface area contributed by atoms with Gasteiger partial charge in [-0.15, -0.1) is 0 Å². The zero-order chi connectivity index (χ0) is 14.3. The lowest BCUT2D eigenvalue weighted by molar-refractivity contribution is -0.384. The molecule has 1 N–H and O–H groups in total. The fraction of sp³-hybridized carbons (Fsp3) is 0.231. The van der Waals surface area contributed by atoms with Crippen molar-refractivity contribution >= 4 is 33.8 Å². The van der Waals surface area contributed by atoms with E-state index in [1.54, 1.807) is 12.1 Å². The molecule has 0 amide bonds. The number of aromatic nitrogens is 2. The van der Waals surface area contributed by atoms with E-state index in [0.717, 1.165) is 28.6 Å². The van der Waals surface area contributed by atoms with E-state index in [0.29, 0.717) is 16.4 Å². The van der Waals surface area contributed by atoms with Gasteiger partial charge >= 0.3 is 0 Å². The summed E-state index contributed by atoms with van der Waals surface area (Å²) >= 11 is 8.73. The first-order valence-electron chi connectivity index (χ1n) is 6.11. The molecule has 102 valence electrons. The van der Waals surface area contributed by atoms with Gasteiger partial charge in [0.05, 0.1) is 9.40 Å². The first-order chi connectivity index (χ1) is 9.56. The second-order valence-electron chi connectivity index (χ2n) is 4.70. The molecule has 1 heterocycles. The van der Waals surface area contributed by atoms with E-state index in [4.69, 9.17) is 12.2 Å². The van der Waals surface area contributed by atoms with Crippen LogP contribution < -0.4 is 0 Å². The van der Waals surface area contributed by atoms with Crippen LogP contribution in [-0.4, -0.2) is 14.9 Å². The molecule has 1 aliphatic rings. The molecular weight excluding hydrogens is 342 g/mol.